The molecular formula is C23H27NO6. The Hall–Kier alpha value is -3.06. The molecule has 0 unspecified atom stereocenters. The van der Waals surface area contributed by atoms with Gasteiger partial charge in [-0.15, -0.1) is 0 Å². The van der Waals surface area contributed by atoms with Crippen LogP contribution in [0.5, 0.6) is 11.5 Å². The molecule has 2 heterocycles. The zero-order chi connectivity index (χ0) is 21.7. The molecule has 0 aromatic heterocycles. The molecule has 1 atom stereocenters. The molecule has 0 saturated carbocycles. The molecule has 1 saturated heterocycles. The van der Waals surface area contributed by atoms with Gasteiger partial charge in [-0.05, 0) is 43.5 Å². The highest BCUT2D eigenvalue weighted by Crippen LogP contribution is 2.34. The maximum atomic E-state index is 13.2. The van der Waals surface area contributed by atoms with E-state index in [9.17, 15) is 9.59 Å². The van der Waals surface area contributed by atoms with Crippen molar-refractivity contribution >= 4 is 18.0 Å². The highest BCUT2D eigenvalue weighted by molar-refractivity contribution is 6.16. The number of hydrogen-bond acceptors (Lipinski definition) is 6. The maximum Gasteiger partial charge on any atom is 0.340 e. The fraction of sp³-hybridized carbons (Fsp3) is 0.391. The van der Waals surface area contributed by atoms with Crippen LogP contribution in [0.2, 0.25) is 0 Å². The normalized spacial score (nSPS) is 20.1. The van der Waals surface area contributed by atoms with E-state index in [1.54, 1.807) is 49.3 Å². The molecule has 0 bridgehead atoms. The van der Waals surface area contributed by atoms with Crippen LogP contribution in [0, 0.1) is 0 Å². The summed E-state index contributed by atoms with van der Waals surface area (Å²) in [5, 5.41) is 0. The van der Waals surface area contributed by atoms with Crippen molar-refractivity contribution in [3.63, 3.8) is 0 Å². The van der Waals surface area contributed by atoms with Crippen molar-refractivity contribution in [1.82, 2.24) is 4.90 Å². The monoisotopic (exact) mass is 413 g/mol. The highest BCUT2D eigenvalue weighted by Gasteiger charge is 2.38. The fourth-order valence-corrected chi connectivity index (χ4v) is 3.65. The Kier molecular flexibility index (Phi) is 6.95. The number of rotatable bonds is 8. The van der Waals surface area contributed by atoms with Gasteiger partial charge in [0.05, 0.1) is 38.0 Å². The van der Waals surface area contributed by atoms with Crippen LogP contribution in [0.4, 0.5) is 0 Å². The number of allylic oxidation sites excluding steroid dienone is 1. The molecule has 30 heavy (non-hydrogen) atoms. The standard InChI is InChI=1S/C23H27NO6/c1-5-10-30-19-9-8-16(13-20(19)27-3)12-18-21(23(26)28-4)15(2)24(22(18)25)14-17-7-6-11-29-17/h5,8-9,12-13,17H,1,6-7,10-11,14H2,2-4H3/b18-12-/t17-/m1/s1. The molecule has 7 heteroatoms. The molecule has 1 aromatic rings. The number of carbonyl (C=O) groups excluding carboxylic acids is 2. The SMILES string of the molecule is C=CCOc1ccc(/C=C2\C(=O)N(C[C@H]3CCCO3)C(C)=C2C(=O)OC)cc1OC. The number of benzene rings is 1. The van der Waals surface area contributed by atoms with Crippen molar-refractivity contribution in [2.75, 3.05) is 34.0 Å². The van der Waals surface area contributed by atoms with Crippen LogP contribution in [-0.4, -0.2) is 56.9 Å². The molecule has 0 aliphatic carbocycles. The van der Waals surface area contributed by atoms with Crippen molar-refractivity contribution in [1.29, 1.82) is 0 Å². The molecular weight excluding hydrogens is 386 g/mol. The second-order valence-electron chi connectivity index (χ2n) is 7.07. The van der Waals surface area contributed by atoms with E-state index in [2.05, 4.69) is 6.58 Å². The van der Waals surface area contributed by atoms with Crippen molar-refractivity contribution in [2.24, 2.45) is 0 Å². The number of carbonyl (C=O) groups is 2. The lowest BCUT2D eigenvalue weighted by Gasteiger charge is -2.21. The summed E-state index contributed by atoms with van der Waals surface area (Å²) in [5.74, 6) is 0.305. The first-order valence-corrected chi connectivity index (χ1v) is 9.86. The number of hydrogen-bond donors (Lipinski definition) is 0. The van der Waals surface area contributed by atoms with Crippen molar-refractivity contribution < 1.29 is 28.5 Å². The van der Waals surface area contributed by atoms with E-state index in [0.717, 1.165) is 12.8 Å². The van der Waals surface area contributed by atoms with Gasteiger partial charge in [0.15, 0.2) is 11.5 Å². The number of nitrogens with zero attached hydrogens (tertiary/aromatic N) is 1. The van der Waals surface area contributed by atoms with Crippen LogP contribution < -0.4 is 9.47 Å². The second kappa shape index (κ2) is 9.63. The molecule has 0 N–H and O–H groups in total. The number of amides is 1. The van der Waals surface area contributed by atoms with E-state index in [1.807, 2.05) is 0 Å². The summed E-state index contributed by atoms with van der Waals surface area (Å²) in [4.78, 5) is 27.3. The van der Waals surface area contributed by atoms with Crippen LogP contribution in [0.15, 0.2) is 47.7 Å². The Morgan fingerprint density at radius 3 is 2.77 bits per heavy atom. The quantitative estimate of drug-likeness (QED) is 0.370. The molecule has 2 aliphatic heterocycles. The summed E-state index contributed by atoms with van der Waals surface area (Å²) in [6.07, 6.45) is 5.16. The first kappa shape index (κ1) is 21.6. The summed E-state index contributed by atoms with van der Waals surface area (Å²) in [7, 11) is 2.85. The van der Waals surface area contributed by atoms with E-state index in [0.29, 0.717) is 48.1 Å². The van der Waals surface area contributed by atoms with Gasteiger partial charge in [-0.25, -0.2) is 4.79 Å². The fourth-order valence-electron chi connectivity index (χ4n) is 3.65. The minimum Gasteiger partial charge on any atom is -0.493 e. The average Bonchev–Trinajstić information content (AvgIpc) is 3.35. The Morgan fingerprint density at radius 2 is 2.13 bits per heavy atom. The molecule has 0 radical (unpaired) electrons. The molecule has 3 rings (SSSR count). The largest absolute Gasteiger partial charge is 0.493 e. The van der Waals surface area contributed by atoms with Crippen molar-refractivity contribution in [3.8, 4) is 11.5 Å². The molecule has 1 aromatic carbocycles. The molecule has 0 spiro atoms. The van der Waals surface area contributed by atoms with Gasteiger partial charge >= 0.3 is 5.97 Å². The first-order chi connectivity index (χ1) is 14.5. The third-order valence-electron chi connectivity index (χ3n) is 5.17. The van der Waals surface area contributed by atoms with Gasteiger partial charge in [-0.1, -0.05) is 18.7 Å². The predicted octanol–water partition coefficient (Wildman–Crippen LogP) is 3.11. The van der Waals surface area contributed by atoms with Crippen LogP contribution in [0.1, 0.15) is 25.3 Å². The molecule has 2 aliphatic rings. The second-order valence-corrected chi connectivity index (χ2v) is 7.07. The number of esters is 1. The third kappa shape index (κ3) is 4.41. The Balaban J connectivity index is 1.95. The first-order valence-electron chi connectivity index (χ1n) is 9.86. The van der Waals surface area contributed by atoms with Crippen LogP contribution in [0.3, 0.4) is 0 Å². The summed E-state index contributed by atoms with van der Waals surface area (Å²) in [5.41, 5.74) is 1.84. The van der Waals surface area contributed by atoms with Gasteiger partial charge in [-0.2, -0.15) is 0 Å². The van der Waals surface area contributed by atoms with Crippen LogP contribution in [0.25, 0.3) is 6.08 Å². The predicted molar refractivity (Wildman–Crippen MR) is 112 cm³/mol. The van der Waals surface area contributed by atoms with E-state index in [4.69, 9.17) is 18.9 Å². The van der Waals surface area contributed by atoms with Gasteiger partial charge < -0.3 is 23.8 Å². The lowest BCUT2D eigenvalue weighted by molar-refractivity contribution is -0.136. The summed E-state index contributed by atoms with van der Waals surface area (Å²) in [6, 6.07) is 5.31. The third-order valence-corrected chi connectivity index (χ3v) is 5.17. The minimum atomic E-state index is -0.542. The highest BCUT2D eigenvalue weighted by atomic mass is 16.5. The van der Waals surface area contributed by atoms with E-state index >= 15 is 0 Å². The Bertz CT molecular complexity index is 895. The maximum absolute atomic E-state index is 13.2. The van der Waals surface area contributed by atoms with Gasteiger partial charge in [-0.3, -0.25) is 4.79 Å². The molecule has 1 fully saturated rings. The van der Waals surface area contributed by atoms with Crippen LogP contribution >= 0.6 is 0 Å². The smallest absolute Gasteiger partial charge is 0.340 e. The van der Waals surface area contributed by atoms with Crippen molar-refractivity contribution in [3.05, 3.63) is 53.3 Å². The van der Waals surface area contributed by atoms with Crippen LogP contribution in [-0.2, 0) is 19.1 Å². The summed E-state index contributed by atoms with van der Waals surface area (Å²) < 4.78 is 21.6. The van der Waals surface area contributed by atoms with E-state index in [-0.39, 0.29) is 17.6 Å². The summed E-state index contributed by atoms with van der Waals surface area (Å²) >= 11 is 0. The summed E-state index contributed by atoms with van der Waals surface area (Å²) in [6.45, 7) is 6.85. The van der Waals surface area contributed by atoms with E-state index < -0.39 is 5.97 Å². The zero-order valence-corrected chi connectivity index (χ0v) is 17.6. The lowest BCUT2D eigenvalue weighted by Crippen LogP contribution is -2.33. The van der Waals surface area contributed by atoms with Gasteiger partial charge in [0, 0.05) is 12.3 Å². The van der Waals surface area contributed by atoms with Crippen molar-refractivity contribution in [2.45, 2.75) is 25.9 Å². The Morgan fingerprint density at radius 1 is 1.33 bits per heavy atom. The zero-order valence-electron chi connectivity index (χ0n) is 17.6. The van der Waals surface area contributed by atoms with Gasteiger partial charge in [0.2, 0.25) is 0 Å². The minimum absolute atomic E-state index is 0.0245. The van der Waals surface area contributed by atoms with Gasteiger partial charge in [0.25, 0.3) is 5.91 Å². The number of methoxy groups -OCH3 is 2. The molecule has 160 valence electrons. The number of ether oxygens (including phenoxy) is 4. The molecule has 1 amide bonds. The Labute approximate surface area is 176 Å². The van der Waals surface area contributed by atoms with E-state index in [1.165, 1.54) is 7.11 Å². The lowest BCUT2D eigenvalue weighted by atomic mass is 10.0. The average molecular weight is 413 g/mol. The molecule has 7 nitrogen and oxygen atoms in total. The topological polar surface area (TPSA) is 74.3 Å². The van der Waals surface area contributed by atoms with Gasteiger partial charge in [0.1, 0.15) is 6.61 Å².